The van der Waals surface area contributed by atoms with Crippen molar-refractivity contribution in [3.05, 3.63) is 100 Å². The molecule has 1 amide bonds. The Morgan fingerprint density at radius 2 is 1.67 bits per heavy atom. The fourth-order valence-corrected chi connectivity index (χ4v) is 3.97. The van der Waals surface area contributed by atoms with Crippen LogP contribution in [0.15, 0.2) is 77.9 Å². The normalized spacial score (nSPS) is 14.9. The van der Waals surface area contributed by atoms with Crippen LogP contribution in [0.25, 0.3) is 0 Å². The van der Waals surface area contributed by atoms with E-state index >= 15 is 0 Å². The van der Waals surface area contributed by atoms with Gasteiger partial charge < -0.3 is 10.0 Å². The van der Waals surface area contributed by atoms with Crippen molar-refractivity contribution >= 4 is 5.91 Å². The molecule has 2 heterocycles. The van der Waals surface area contributed by atoms with Gasteiger partial charge in [0.25, 0.3) is 5.56 Å². The predicted octanol–water partition coefficient (Wildman–Crippen LogP) is 2.63. The van der Waals surface area contributed by atoms with E-state index in [9.17, 15) is 14.7 Å². The smallest absolute Gasteiger partial charge is 0.254 e. The van der Waals surface area contributed by atoms with Crippen LogP contribution in [0.1, 0.15) is 36.1 Å². The van der Waals surface area contributed by atoms with Crippen LogP contribution in [0.2, 0.25) is 0 Å². The van der Waals surface area contributed by atoms with Crippen molar-refractivity contribution in [2.24, 2.45) is 0 Å². The lowest BCUT2D eigenvalue weighted by molar-refractivity contribution is -0.135. The van der Waals surface area contributed by atoms with Crippen LogP contribution >= 0.6 is 0 Å². The summed E-state index contributed by atoms with van der Waals surface area (Å²) in [5.74, 6) is 5.99. The van der Waals surface area contributed by atoms with Gasteiger partial charge in [-0.3, -0.25) is 14.2 Å². The van der Waals surface area contributed by atoms with Crippen LogP contribution in [0, 0.1) is 11.8 Å². The molecule has 0 aliphatic carbocycles. The van der Waals surface area contributed by atoms with E-state index in [4.69, 9.17) is 0 Å². The first-order chi connectivity index (χ1) is 16.0. The molecule has 33 heavy (non-hydrogen) atoms. The number of benzene rings is 2. The van der Waals surface area contributed by atoms with Crippen molar-refractivity contribution in [3.63, 3.8) is 0 Å². The molecule has 0 atom stereocenters. The van der Waals surface area contributed by atoms with Crippen molar-refractivity contribution in [2.75, 3.05) is 13.1 Å². The zero-order valence-corrected chi connectivity index (χ0v) is 18.5. The van der Waals surface area contributed by atoms with Gasteiger partial charge in [0.05, 0.1) is 18.5 Å². The van der Waals surface area contributed by atoms with Gasteiger partial charge >= 0.3 is 0 Å². The van der Waals surface area contributed by atoms with E-state index in [-0.39, 0.29) is 18.0 Å². The Kier molecular flexibility index (Phi) is 7.01. The van der Waals surface area contributed by atoms with Crippen LogP contribution in [0.4, 0.5) is 0 Å². The molecular weight excluding hydrogens is 414 g/mol. The molecular formula is C27H27N3O3. The van der Waals surface area contributed by atoms with Gasteiger partial charge in [-0.25, -0.2) is 4.98 Å². The van der Waals surface area contributed by atoms with E-state index in [2.05, 4.69) is 16.8 Å². The highest BCUT2D eigenvalue weighted by Gasteiger charge is 2.34. The number of hydrogen-bond acceptors (Lipinski definition) is 4. The molecule has 0 radical (unpaired) electrons. The highest BCUT2D eigenvalue weighted by atomic mass is 16.3. The van der Waals surface area contributed by atoms with Gasteiger partial charge in [0.15, 0.2) is 0 Å². The summed E-state index contributed by atoms with van der Waals surface area (Å²) in [6.45, 7) is 1.11. The molecule has 6 heteroatoms. The molecule has 0 spiro atoms. The van der Waals surface area contributed by atoms with Gasteiger partial charge in [-0.2, -0.15) is 0 Å². The molecule has 6 nitrogen and oxygen atoms in total. The number of aryl methyl sites for hydroxylation is 1. The molecule has 168 valence electrons. The number of nitrogens with zero attached hydrogens (tertiary/aromatic N) is 3. The maximum absolute atomic E-state index is 12.6. The zero-order chi connectivity index (χ0) is 23.1. The number of hydrogen-bond donors (Lipinski definition) is 1. The molecule has 4 rings (SSSR count). The van der Waals surface area contributed by atoms with E-state index < -0.39 is 5.60 Å². The number of likely N-dealkylation sites (tertiary alicyclic amines) is 1. The number of aromatic nitrogens is 2. The van der Waals surface area contributed by atoms with Crippen molar-refractivity contribution in [3.8, 4) is 11.8 Å². The summed E-state index contributed by atoms with van der Waals surface area (Å²) in [6.07, 6.45) is 3.45. The van der Waals surface area contributed by atoms with Gasteiger partial charge in [0.2, 0.25) is 5.91 Å². The number of aliphatic hydroxyl groups is 1. The van der Waals surface area contributed by atoms with Gasteiger partial charge in [-0.05, 0) is 42.9 Å². The zero-order valence-electron chi connectivity index (χ0n) is 18.5. The topological polar surface area (TPSA) is 75.4 Å². The van der Waals surface area contributed by atoms with Crippen LogP contribution in [0.3, 0.4) is 0 Å². The lowest BCUT2D eigenvalue weighted by atomic mass is 9.91. The first-order valence-electron chi connectivity index (χ1n) is 11.2. The van der Waals surface area contributed by atoms with E-state index in [1.807, 2.05) is 60.7 Å². The highest BCUT2D eigenvalue weighted by molar-refractivity contribution is 5.76. The van der Waals surface area contributed by atoms with Gasteiger partial charge in [-0.15, -0.1) is 0 Å². The fourth-order valence-electron chi connectivity index (χ4n) is 3.97. The monoisotopic (exact) mass is 441 g/mol. The van der Waals surface area contributed by atoms with E-state index in [0.717, 1.165) is 11.1 Å². The number of piperidine rings is 1. The first kappa shape index (κ1) is 22.5. The van der Waals surface area contributed by atoms with E-state index in [0.29, 0.717) is 44.5 Å². The average Bonchev–Trinajstić information content (AvgIpc) is 2.84. The van der Waals surface area contributed by atoms with Crippen LogP contribution in [0.5, 0.6) is 0 Å². The molecule has 3 aromatic rings. The lowest BCUT2D eigenvalue weighted by Crippen LogP contribution is -2.49. The minimum atomic E-state index is -1.04. The Balaban J connectivity index is 1.32. The Labute approximate surface area is 193 Å². The maximum Gasteiger partial charge on any atom is 0.254 e. The van der Waals surface area contributed by atoms with Crippen molar-refractivity contribution in [1.82, 2.24) is 14.5 Å². The Bertz CT molecular complexity index is 1200. The van der Waals surface area contributed by atoms with Gasteiger partial charge in [0, 0.05) is 31.1 Å². The molecule has 1 aliphatic heterocycles. The molecule has 1 N–H and O–H groups in total. The largest absolute Gasteiger partial charge is 0.388 e. The van der Waals surface area contributed by atoms with Crippen LogP contribution in [-0.2, 0) is 17.8 Å². The standard InChI is InChI=1S/C27H27N3O3/c31-25(14-12-23-9-5-2-6-10-23)29-17-15-27(33,16-18-29)20-30-21-28-24(19-26(30)32)13-11-22-7-3-1-4-8-22/h1-10,19,21,33H,12,14-18,20H2. The minimum absolute atomic E-state index is 0.0982. The first-order valence-corrected chi connectivity index (χ1v) is 11.2. The number of rotatable bonds is 5. The number of carbonyl (C=O) groups excluding carboxylic acids is 1. The second-order valence-corrected chi connectivity index (χ2v) is 8.45. The molecule has 1 saturated heterocycles. The molecule has 0 bridgehead atoms. The molecule has 1 fully saturated rings. The summed E-state index contributed by atoms with van der Waals surface area (Å²) in [5, 5.41) is 11.0. The average molecular weight is 442 g/mol. The van der Waals surface area contributed by atoms with Crippen LogP contribution < -0.4 is 5.56 Å². The third-order valence-electron chi connectivity index (χ3n) is 5.97. The summed E-state index contributed by atoms with van der Waals surface area (Å²) in [5.41, 5.74) is 1.09. The SMILES string of the molecule is O=C(CCc1ccccc1)N1CCC(O)(Cn2cnc(C#Cc3ccccc3)cc2=O)CC1. The Hall–Kier alpha value is -3.69. The molecule has 1 aromatic heterocycles. The van der Waals surface area contributed by atoms with Gasteiger partial charge in [0.1, 0.15) is 5.69 Å². The Morgan fingerprint density at radius 1 is 1.00 bits per heavy atom. The predicted molar refractivity (Wildman–Crippen MR) is 126 cm³/mol. The summed E-state index contributed by atoms with van der Waals surface area (Å²) >= 11 is 0. The summed E-state index contributed by atoms with van der Waals surface area (Å²) in [6, 6.07) is 20.8. The third kappa shape index (κ3) is 6.18. The second kappa shape index (κ2) is 10.3. The summed E-state index contributed by atoms with van der Waals surface area (Å²) in [4.78, 5) is 31.2. The van der Waals surface area contributed by atoms with Crippen LogP contribution in [-0.4, -0.2) is 44.2 Å². The molecule has 0 saturated carbocycles. The molecule has 0 unspecified atom stereocenters. The summed E-state index contributed by atoms with van der Waals surface area (Å²) in [7, 11) is 0. The third-order valence-corrected chi connectivity index (χ3v) is 5.97. The minimum Gasteiger partial charge on any atom is -0.388 e. The quantitative estimate of drug-likeness (QED) is 0.618. The summed E-state index contributed by atoms with van der Waals surface area (Å²) < 4.78 is 1.42. The fraction of sp³-hybridized carbons (Fsp3) is 0.296. The Morgan fingerprint density at radius 3 is 2.33 bits per heavy atom. The van der Waals surface area contributed by atoms with Crippen molar-refractivity contribution in [1.29, 1.82) is 0 Å². The van der Waals surface area contributed by atoms with Crippen molar-refractivity contribution in [2.45, 2.75) is 37.8 Å². The van der Waals surface area contributed by atoms with E-state index in [1.165, 1.54) is 17.0 Å². The maximum atomic E-state index is 12.6. The molecule has 1 aliphatic rings. The highest BCUT2D eigenvalue weighted by Crippen LogP contribution is 2.24. The number of carbonyl (C=O) groups is 1. The van der Waals surface area contributed by atoms with Crippen molar-refractivity contribution < 1.29 is 9.90 Å². The molecule has 2 aromatic carbocycles. The lowest BCUT2D eigenvalue weighted by Gasteiger charge is -2.38. The van der Waals surface area contributed by atoms with Gasteiger partial charge in [-0.1, -0.05) is 54.5 Å². The van der Waals surface area contributed by atoms with E-state index in [1.54, 1.807) is 4.90 Å². The number of amides is 1. The second-order valence-electron chi connectivity index (χ2n) is 8.45.